The Kier molecular flexibility index (Phi) is 5.77. The zero-order chi connectivity index (χ0) is 12.1. The lowest BCUT2D eigenvalue weighted by Crippen LogP contribution is -2.36. The molecule has 0 aromatic heterocycles. The molecule has 0 amide bonds. The molecule has 0 saturated carbocycles. The molecule has 1 fully saturated rings. The molecule has 1 heterocycles. The highest BCUT2D eigenvalue weighted by atomic mass is 15.2. The van der Waals surface area contributed by atoms with Crippen LogP contribution in [0.1, 0.15) is 41.0 Å². The van der Waals surface area contributed by atoms with Gasteiger partial charge in [-0.2, -0.15) is 0 Å². The van der Waals surface area contributed by atoms with Crippen LogP contribution in [0.4, 0.5) is 0 Å². The normalized spacial score (nSPS) is 24.6. The average Bonchev–Trinajstić information content (AvgIpc) is 2.64. The Hall–Kier alpha value is -0.0800. The number of nitrogens with one attached hydrogen (secondary N) is 1. The maximum Gasteiger partial charge on any atom is 0.00900 e. The third kappa shape index (κ3) is 4.42. The fourth-order valence-electron chi connectivity index (χ4n) is 2.40. The third-order valence-electron chi connectivity index (χ3n) is 3.84. The van der Waals surface area contributed by atoms with E-state index < -0.39 is 0 Å². The quantitative estimate of drug-likeness (QED) is 0.749. The molecule has 1 aliphatic heterocycles. The van der Waals surface area contributed by atoms with Crippen LogP contribution in [0.3, 0.4) is 0 Å². The van der Waals surface area contributed by atoms with Crippen molar-refractivity contribution in [3.8, 4) is 0 Å². The van der Waals surface area contributed by atoms with Crippen molar-refractivity contribution in [1.29, 1.82) is 0 Å². The molecule has 0 bridgehead atoms. The Balaban J connectivity index is 2.19. The summed E-state index contributed by atoms with van der Waals surface area (Å²) in [7, 11) is 0. The number of rotatable bonds is 6. The lowest BCUT2D eigenvalue weighted by molar-refractivity contribution is 0.200. The highest BCUT2D eigenvalue weighted by Gasteiger charge is 2.26. The van der Waals surface area contributed by atoms with Gasteiger partial charge in [0.05, 0.1) is 0 Å². The summed E-state index contributed by atoms with van der Waals surface area (Å²) >= 11 is 0. The zero-order valence-electron chi connectivity index (χ0n) is 11.8. The summed E-state index contributed by atoms with van der Waals surface area (Å²) < 4.78 is 0. The summed E-state index contributed by atoms with van der Waals surface area (Å²) in [5.41, 5.74) is 0. The summed E-state index contributed by atoms with van der Waals surface area (Å²) in [5.74, 6) is 2.43. The molecule has 1 aliphatic rings. The van der Waals surface area contributed by atoms with Crippen molar-refractivity contribution < 1.29 is 0 Å². The zero-order valence-corrected chi connectivity index (χ0v) is 11.8. The van der Waals surface area contributed by atoms with E-state index in [2.05, 4.69) is 44.8 Å². The molecule has 2 atom stereocenters. The Bertz CT molecular complexity index is 189. The van der Waals surface area contributed by atoms with Crippen LogP contribution in [0, 0.1) is 17.8 Å². The van der Waals surface area contributed by atoms with Crippen molar-refractivity contribution in [3.63, 3.8) is 0 Å². The molecule has 0 spiro atoms. The highest BCUT2D eigenvalue weighted by Crippen LogP contribution is 2.21. The smallest absolute Gasteiger partial charge is 0.00900 e. The first kappa shape index (κ1) is 14.0. The van der Waals surface area contributed by atoms with E-state index in [1.165, 1.54) is 26.1 Å². The molecule has 1 saturated heterocycles. The first-order valence-corrected chi connectivity index (χ1v) is 6.95. The Morgan fingerprint density at radius 3 is 2.44 bits per heavy atom. The predicted octanol–water partition coefficient (Wildman–Crippen LogP) is 2.60. The van der Waals surface area contributed by atoms with Gasteiger partial charge in [0.25, 0.3) is 0 Å². The van der Waals surface area contributed by atoms with Crippen LogP contribution >= 0.6 is 0 Å². The molecular formula is C14H30N2. The standard InChI is InChI=1S/C14H30N2/c1-11(2)8-15-9-14-6-7-16(10-14)13(5)12(3)4/h11-15H,6-10H2,1-5H3. The molecule has 0 radical (unpaired) electrons. The second kappa shape index (κ2) is 6.61. The molecular weight excluding hydrogens is 196 g/mol. The lowest BCUT2D eigenvalue weighted by Gasteiger charge is -2.27. The molecule has 0 aromatic carbocycles. The van der Waals surface area contributed by atoms with E-state index in [4.69, 9.17) is 0 Å². The molecule has 0 aliphatic carbocycles. The van der Waals surface area contributed by atoms with Crippen molar-refractivity contribution in [3.05, 3.63) is 0 Å². The predicted molar refractivity (Wildman–Crippen MR) is 71.7 cm³/mol. The maximum atomic E-state index is 3.59. The largest absolute Gasteiger partial charge is 0.316 e. The van der Waals surface area contributed by atoms with E-state index in [0.717, 1.165) is 30.3 Å². The minimum Gasteiger partial charge on any atom is -0.316 e. The molecule has 2 unspecified atom stereocenters. The van der Waals surface area contributed by atoms with Gasteiger partial charge in [-0.25, -0.2) is 0 Å². The van der Waals surface area contributed by atoms with Gasteiger partial charge in [-0.1, -0.05) is 27.7 Å². The van der Waals surface area contributed by atoms with E-state index in [-0.39, 0.29) is 0 Å². The van der Waals surface area contributed by atoms with Gasteiger partial charge in [-0.05, 0) is 50.7 Å². The van der Waals surface area contributed by atoms with E-state index in [1.807, 2.05) is 0 Å². The molecule has 1 N–H and O–H groups in total. The lowest BCUT2D eigenvalue weighted by atomic mass is 10.1. The Labute approximate surface area is 102 Å². The number of hydrogen-bond donors (Lipinski definition) is 1. The van der Waals surface area contributed by atoms with E-state index in [9.17, 15) is 0 Å². The molecule has 16 heavy (non-hydrogen) atoms. The second-order valence-electron chi connectivity index (χ2n) is 6.19. The van der Waals surface area contributed by atoms with Gasteiger partial charge in [0.1, 0.15) is 0 Å². The molecule has 2 nitrogen and oxygen atoms in total. The fraction of sp³-hybridized carbons (Fsp3) is 1.00. The van der Waals surface area contributed by atoms with E-state index in [0.29, 0.717) is 0 Å². The van der Waals surface area contributed by atoms with Crippen molar-refractivity contribution in [2.75, 3.05) is 26.2 Å². The van der Waals surface area contributed by atoms with Crippen molar-refractivity contribution in [2.24, 2.45) is 17.8 Å². The molecule has 1 rings (SSSR count). The average molecular weight is 226 g/mol. The van der Waals surface area contributed by atoms with Crippen molar-refractivity contribution in [1.82, 2.24) is 10.2 Å². The summed E-state index contributed by atoms with van der Waals surface area (Å²) in [5, 5.41) is 3.59. The third-order valence-corrected chi connectivity index (χ3v) is 3.84. The van der Waals surface area contributed by atoms with E-state index in [1.54, 1.807) is 0 Å². The Morgan fingerprint density at radius 2 is 1.88 bits per heavy atom. The molecule has 0 aromatic rings. The highest BCUT2D eigenvalue weighted by molar-refractivity contribution is 4.81. The van der Waals surface area contributed by atoms with Crippen LogP contribution < -0.4 is 5.32 Å². The summed E-state index contributed by atoms with van der Waals surface area (Å²) in [6, 6.07) is 0.745. The summed E-state index contributed by atoms with van der Waals surface area (Å²) in [4.78, 5) is 2.66. The topological polar surface area (TPSA) is 15.3 Å². The van der Waals surface area contributed by atoms with Crippen LogP contribution in [0.25, 0.3) is 0 Å². The van der Waals surface area contributed by atoms with Gasteiger partial charge in [0.2, 0.25) is 0 Å². The van der Waals surface area contributed by atoms with Gasteiger partial charge in [0.15, 0.2) is 0 Å². The minimum atomic E-state index is 0.745. The molecule has 2 heteroatoms. The van der Waals surface area contributed by atoms with Gasteiger partial charge in [0, 0.05) is 12.6 Å². The maximum absolute atomic E-state index is 3.59. The molecule has 96 valence electrons. The fourth-order valence-corrected chi connectivity index (χ4v) is 2.40. The van der Waals surface area contributed by atoms with Gasteiger partial charge in [-0.3, -0.25) is 0 Å². The second-order valence-corrected chi connectivity index (χ2v) is 6.19. The number of likely N-dealkylation sites (tertiary alicyclic amines) is 1. The van der Waals surface area contributed by atoms with Crippen molar-refractivity contribution >= 4 is 0 Å². The Morgan fingerprint density at radius 1 is 1.19 bits per heavy atom. The first-order valence-electron chi connectivity index (χ1n) is 6.95. The van der Waals surface area contributed by atoms with Crippen LogP contribution in [0.2, 0.25) is 0 Å². The van der Waals surface area contributed by atoms with Crippen LogP contribution in [-0.4, -0.2) is 37.1 Å². The van der Waals surface area contributed by atoms with Crippen LogP contribution in [-0.2, 0) is 0 Å². The summed E-state index contributed by atoms with van der Waals surface area (Å²) in [6.07, 6.45) is 1.38. The number of hydrogen-bond acceptors (Lipinski definition) is 2. The van der Waals surface area contributed by atoms with Crippen LogP contribution in [0.5, 0.6) is 0 Å². The van der Waals surface area contributed by atoms with Crippen LogP contribution in [0.15, 0.2) is 0 Å². The van der Waals surface area contributed by atoms with Crippen molar-refractivity contribution in [2.45, 2.75) is 47.1 Å². The SMILES string of the molecule is CC(C)CNCC1CCN(C(C)C(C)C)C1. The number of nitrogens with zero attached hydrogens (tertiary/aromatic N) is 1. The van der Waals surface area contributed by atoms with Gasteiger partial charge in [-0.15, -0.1) is 0 Å². The summed E-state index contributed by atoms with van der Waals surface area (Å²) in [6.45, 7) is 16.5. The minimum absolute atomic E-state index is 0.745. The monoisotopic (exact) mass is 226 g/mol. The first-order chi connectivity index (χ1) is 7.50. The van der Waals surface area contributed by atoms with Gasteiger partial charge < -0.3 is 10.2 Å². The van der Waals surface area contributed by atoms with E-state index >= 15 is 0 Å². The van der Waals surface area contributed by atoms with Gasteiger partial charge >= 0.3 is 0 Å².